The van der Waals surface area contributed by atoms with Gasteiger partial charge in [-0.2, -0.15) is 0 Å². The molecule has 0 radical (unpaired) electrons. The van der Waals surface area contributed by atoms with Gasteiger partial charge in [-0.25, -0.2) is 0 Å². The third-order valence-electron chi connectivity index (χ3n) is 11.5. The van der Waals surface area contributed by atoms with Crippen LogP contribution in [0.1, 0.15) is 90.0 Å². The summed E-state index contributed by atoms with van der Waals surface area (Å²) in [4.78, 5) is 25.3. The number of carbonyl (C=O) groups excluding carboxylic acids is 2. The van der Waals surface area contributed by atoms with Crippen LogP contribution >= 0.6 is 0 Å². The maximum Gasteiger partial charge on any atom is 0.250 e. The van der Waals surface area contributed by atoms with Gasteiger partial charge in [-0.15, -0.1) is 0 Å². The summed E-state index contributed by atoms with van der Waals surface area (Å²) < 4.78 is 32.9. The number of hydrogen-bond acceptors (Lipinski definition) is 7. The van der Waals surface area contributed by atoms with E-state index >= 15 is 0 Å². The molecule has 3 aromatic carbocycles. The summed E-state index contributed by atoms with van der Waals surface area (Å²) in [6.07, 6.45) is 1.51. The van der Waals surface area contributed by atoms with Gasteiger partial charge >= 0.3 is 0 Å². The zero-order valence-corrected chi connectivity index (χ0v) is 34.6. The summed E-state index contributed by atoms with van der Waals surface area (Å²) in [5, 5.41) is 0.127. The molecule has 1 saturated heterocycles. The number of fused-ring (bicyclic) bond motifs is 4. The van der Waals surface area contributed by atoms with Crippen molar-refractivity contribution >= 4 is 39.6 Å². The Labute approximate surface area is 311 Å². The summed E-state index contributed by atoms with van der Waals surface area (Å²) in [7, 11) is -4.14. The van der Waals surface area contributed by atoms with E-state index in [0.717, 1.165) is 57.4 Å². The molecule has 278 valence electrons. The number of carbonyl (C=O) groups is 2. The molecule has 52 heavy (non-hydrogen) atoms. The third-order valence-corrected chi connectivity index (χ3v) is 20.2. The fourth-order valence-corrected chi connectivity index (χ4v) is 8.35. The minimum atomic E-state index is -2.08. The van der Waals surface area contributed by atoms with Crippen LogP contribution in [0.2, 0.25) is 36.3 Å². The lowest BCUT2D eigenvalue weighted by atomic mass is 9.84. The molecule has 3 aliphatic rings. The lowest BCUT2D eigenvalue weighted by Gasteiger charge is -2.37. The van der Waals surface area contributed by atoms with Gasteiger partial charge in [0.15, 0.2) is 0 Å². The van der Waals surface area contributed by atoms with Crippen molar-refractivity contribution in [2.75, 3.05) is 19.8 Å². The number of nitrogens with zero attached hydrogens (tertiary/aromatic N) is 1. The van der Waals surface area contributed by atoms with Gasteiger partial charge in [0.1, 0.15) is 34.9 Å². The topological polar surface area (TPSA) is 83.5 Å². The SMILES string of the molecule is CC(C)(C)[Si](C)(C)Oc1ccc2c(c1)O[C@H](c1ccc(OCCCN3C(=O)CCC3=O)cc1)C1=C2CCOc2cc(O[Si](C)(C)C(C)(C)C)ccc21. The summed E-state index contributed by atoms with van der Waals surface area (Å²) in [6, 6.07) is 20.6. The number of hydrogen-bond donors (Lipinski definition) is 0. The number of imide groups is 1. The fraction of sp³-hybridized carbons (Fsp3) is 0.476. The highest BCUT2D eigenvalue weighted by Gasteiger charge is 2.41. The first-order chi connectivity index (χ1) is 24.3. The first-order valence-corrected chi connectivity index (χ1v) is 24.4. The summed E-state index contributed by atoms with van der Waals surface area (Å²) in [5.41, 5.74) is 5.34. The highest BCUT2D eigenvalue weighted by atomic mass is 28.4. The van der Waals surface area contributed by atoms with Crippen molar-refractivity contribution in [2.45, 2.75) is 110 Å². The lowest BCUT2D eigenvalue weighted by molar-refractivity contribution is -0.138. The van der Waals surface area contributed by atoms with Crippen LogP contribution in [0.5, 0.6) is 28.7 Å². The zero-order chi connectivity index (χ0) is 37.6. The minimum Gasteiger partial charge on any atom is -0.543 e. The Morgan fingerprint density at radius 3 is 1.83 bits per heavy atom. The van der Waals surface area contributed by atoms with Gasteiger partial charge in [0, 0.05) is 54.6 Å². The van der Waals surface area contributed by atoms with Gasteiger partial charge in [-0.05, 0) is 90.2 Å². The first kappa shape index (κ1) is 37.7. The predicted octanol–water partition coefficient (Wildman–Crippen LogP) is 10.2. The largest absolute Gasteiger partial charge is 0.543 e. The Morgan fingerprint density at radius 2 is 1.25 bits per heavy atom. The molecule has 2 amide bonds. The average molecular weight is 742 g/mol. The monoisotopic (exact) mass is 741 g/mol. The molecular weight excluding hydrogens is 687 g/mol. The molecule has 6 rings (SSSR count). The maximum atomic E-state index is 12.0. The van der Waals surface area contributed by atoms with Crippen molar-refractivity contribution in [3.05, 3.63) is 77.4 Å². The molecule has 0 spiro atoms. The lowest BCUT2D eigenvalue weighted by Crippen LogP contribution is -2.43. The van der Waals surface area contributed by atoms with Crippen molar-refractivity contribution in [1.29, 1.82) is 0 Å². The van der Waals surface area contributed by atoms with Crippen molar-refractivity contribution in [3.8, 4) is 28.7 Å². The average Bonchev–Trinajstić information content (AvgIpc) is 3.25. The van der Waals surface area contributed by atoms with E-state index in [2.05, 4.69) is 116 Å². The Hall–Kier alpha value is -4.03. The normalized spacial score (nSPS) is 17.8. The Kier molecular flexibility index (Phi) is 10.2. The van der Waals surface area contributed by atoms with Gasteiger partial charge < -0.3 is 23.1 Å². The smallest absolute Gasteiger partial charge is 0.250 e. The number of rotatable bonds is 10. The van der Waals surface area contributed by atoms with Crippen LogP contribution in [0.3, 0.4) is 0 Å². The Bertz CT molecular complexity index is 1850. The van der Waals surface area contributed by atoms with E-state index in [9.17, 15) is 9.59 Å². The van der Waals surface area contributed by atoms with Gasteiger partial charge in [0.25, 0.3) is 0 Å². The molecule has 3 aromatic rings. The van der Waals surface area contributed by atoms with Crippen LogP contribution in [-0.4, -0.2) is 53.1 Å². The van der Waals surface area contributed by atoms with Crippen LogP contribution in [0.4, 0.5) is 0 Å². The fourth-order valence-electron chi connectivity index (χ4n) is 6.30. The number of benzene rings is 3. The van der Waals surface area contributed by atoms with Crippen LogP contribution in [0.15, 0.2) is 60.7 Å². The van der Waals surface area contributed by atoms with Gasteiger partial charge in [-0.3, -0.25) is 14.5 Å². The van der Waals surface area contributed by atoms with E-state index in [4.69, 9.17) is 23.1 Å². The number of amides is 2. The predicted molar refractivity (Wildman–Crippen MR) is 211 cm³/mol. The van der Waals surface area contributed by atoms with Crippen molar-refractivity contribution in [2.24, 2.45) is 0 Å². The molecule has 0 unspecified atom stereocenters. The highest BCUT2D eigenvalue weighted by Crippen LogP contribution is 2.53. The van der Waals surface area contributed by atoms with Gasteiger partial charge in [0.2, 0.25) is 28.4 Å². The van der Waals surface area contributed by atoms with E-state index in [1.54, 1.807) is 0 Å². The van der Waals surface area contributed by atoms with Crippen LogP contribution in [0.25, 0.3) is 11.1 Å². The third kappa shape index (κ3) is 7.69. The molecule has 0 N–H and O–H groups in total. The second-order valence-corrected chi connectivity index (χ2v) is 26.7. The van der Waals surface area contributed by atoms with Crippen LogP contribution < -0.4 is 23.1 Å². The molecule has 0 bridgehead atoms. The molecule has 1 atom stereocenters. The first-order valence-electron chi connectivity index (χ1n) is 18.6. The summed E-state index contributed by atoms with van der Waals surface area (Å²) >= 11 is 0. The van der Waals surface area contributed by atoms with E-state index < -0.39 is 22.7 Å². The van der Waals surface area contributed by atoms with Crippen molar-refractivity contribution in [1.82, 2.24) is 4.90 Å². The maximum absolute atomic E-state index is 12.0. The number of ether oxygens (including phenoxy) is 3. The number of likely N-dealkylation sites (tertiary alicyclic amines) is 1. The Balaban J connectivity index is 1.33. The van der Waals surface area contributed by atoms with Crippen molar-refractivity contribution < 1.29 is 32.7 Å². The molecular formula is C42H55NO7Si2. The van der Waals surface area contributed by atoms with E-state index in [-0.39, 0.29) is 21.9 Å². The highest BCUT2D eigenvalue weighted by molar-refractivity contribution is 6.75. The van der Waals surface area contributed by atoms with Crippen molar-refractivity contribution in [3.63, 3.8) is 0 Å². The second-order valence-electron chi connectivity index (χ2n) is 17.2. The quantitative estimate of drug-likeness (QED) is 0.116. The summed E-state index contributed by atoms with van der Waals surface area (Å²) in [5.74, 6) is 3.78. The molecule has 3 aliphatic heterocycles. The second kappa shape index (κ2) is 14.1. The van der Waals surface area contributed by atoms with E-state index in [1.165, 1.54) is 10.5 Å². The van der Waals surface area contributed by atoms with E-state index in [1.807, 2.05) is 12.1 Å². The molecule has 0 saturated carbocycles. The minimum absolute atomic E-state index is 0.0598. The standard InChI is InChI=1S/C42H55NO7Si2/c1-41(2,3)51(7,8)49-30-17-19-34-35(26-30)47-25-22-33-32-18-16-31(50-52(9,10)42(4,5)6)27-36(32)48-40(39(33)34)28-12-14-29(15-13-28)46-24-11-23-43-37(44)20-21-38(43)45/h12-19,26-27,40H,11,20-25H2,1-10H3/t40-/m1/s1. The molecule has 3 heterocycles. The molecule has 0 aliphatic carbocycles. The summed E-state index contributed by atoms with van der Waals surface area (Å²) in [6.45, 7) is 23.8. The van der Waals surface area contributed by atoms with Gasteiger partial charge in [0.05, 0.1) is 13.2 Å². The van der Waals surface area contributed by atoms with Crippen LogP contribution in [0, 0.1) is 0 Å². The molecule has 10 heteroatoms. The molecule has 8 nitrogen and oxygen atoms in total. The molecule has 1 fully saturated rings. The van der Waals surface area contributed by atoms with Crippen LogP contribution in [-0.2, 0) is 9.59 Å². The van der Waals surface area contributed by atoms with E-state index in [0.29, 0.717) is 39.0 Å². The molecule has 0 aromatic heterocycles. The van der Waals surface area contributed by atoms with Gasteiger partial charge in [-0.1, -0.05) is 53.7 Å². The zero-order valence-electron chi connectivity index (χ0n) is 32.6. The Morgan fingerprint density at radius 1 is 0.712 bits per heavy atom.